The highest BCUT2D eigenvalue weighted by Gasteiger charge is 2.09. The molecular weight excluding hydrogens is 393 g/mol. The summed E-state index contributed by atoms with van der Waals surface area (Å²) in [5.41, 5.74) is 1.19. The summed E-state index contributed by atoms with van der Waals surface area (Å²) in [6.45, 7) is 10.1. The molecule has 106 valence electrons. The molecule has 0 aliphatic carbocycles. The minimum Gasteiger partial charge on any atom is -0.486 e. The zero-order chi connectivity index (χ0) is 14.4. The average molecular weight is 412 g/mol. The first-order chi connectivity index (χ1) is 8.90. The predicted molar refractivity (Wildman–Crippen MR) is 88.9 cm³/mol. The molecule has 1 N–H and O–H groups in total. The average Bonchev–Trinajstić information content (AvgIpc) is 2.26. The van der Waals surface area contributed by atoms with Gasteiger partial charge < -0.3 is 10.1 Å². The molecule has 19 heavy (non-hydrogen) atoms. The van der Waals surface area contributed by atoms with Crippen molar-refractivity contribution >= 4 is 43.5 Å². The molecule has 0 atom stereocenters. The fraction of sp³-hybridized carbons (Fsp3) is 0.429. The van der Waals surface area contributed by atoms with Crippen LogP contribution in [0.15, 0.2) is 32.7 Å². The monoisotopic (exact) mass is 409 g/mol. The molecule has 0 bridgehead atoms. The van der Waals surface area contributed by atoms with Gasteiger partial charge in [-0.15, -0.1) is 0 Å². The minimum atomic E-state index is 0.295. The Morgan fingerprint density at radius 1 is 1.37 bits per heavy atom. The first-order valence-electron chi connectivity index (χ1n) is 6.05. The molecule has 0 aliphatic rings. The lowest BCUT2D eigenvalue weighted by Crippen LogP contribution is -2.19. The van der Waals surface area contributed by atoms with Crippen LogP contribution in [-0.2, 0) is 6.54 Å². The van der Waals surface area contributed by atoms with Crippen LogP contribution in [0, 0.1) is 5.92 Å². The van der Waals surface area contributed by atoms with E-state index in [0.29, 0.717) is 17.6 Å². The van der Waals surface area contributed by atoms with E-state index in [1.54, 1.807) is 0 Å². The van der Waals surface area contributed by atoms with E-state index in [1.165, 1.54) is 5.56 Å². The zero-order valence-electron chi connectivity index (χ0n) is 11.1. The fourth-order valence-electron chi connectivity index (χ4n) is 1.51. The molecule has 1 aromatic rings. The first kappa shape index (κ1) is 17.0. The number of ether oxygens (including phenoxy) is 1. The SMILES string of the molecule is C=C(Cl)COc1c(Br)cc(CNCC(C)C)cc1Br. The van der Waals surface area contributed by atoms with Crippen LogP contribution in [0.4, 0.5) is 0 Å². The second-order valence-electron chi connectivity index (χ2n) is 4.72. The van der Waals surface area contributed by atoms with Crippen LogP contribution < -0.4 is 10.1 Å². The third-order valence-electron chi connectivity index (χ3n) is 2.31. The van der Waals surface area contributed by atoms with Crippen LogP contribution in [0.1, 0.15) is 19.4 Å². The van der Waals surface area contributed by atoms with Crippen LogP contribution >= 0.6 is 43.5 Å². The number of hydrogen-bond acceptors (Lipinski definition) is 2. The molecule has 0 amide bonds. The lowest BCUT2D eigenvalue weighted by atomic mass is 10.2. The molecule has 1 rings (SSSR count). The summed E-state index contributed by atoms with van der Waals surface area (Å²) in [5.74, 6) is 1.39. The number of benzene rings is 1. The Morgan fingerprint density at radius 2 is 1.95 bits per heavy atom. The van der Waals surface area contributed by atoms with E-state index in [0.717, 1.165) is 27.8 Å². The van der Waals surface area contributed by atoms with Gasteiger partial charge >= 0.3 is 0 Å². The third kappa shape index (κ3) is 6.30. The minimum absolute atomic E-state index is 0.295. The molecule has 0 saturated heterocycles. The van der Waals surface area contributed by atoms with Crippen LogP contribution in [0.25, 0.3) is 0 Å². The van der Waals surface area contributed by atoms with E-state index >= 15 is 0 Å². The second-order valence-corrected chi connectivity index (χ2v) is 6.96. The largest absolute Gasteiger partial charge is 0.486 e. The van der Waals surface area contributed by atoms with Gasteiger partial charge in [0.2, 0.25) is 0 Å². The Morgan fingerprint density at radius 3 is 2.42 bits per heavy atom. The molecular formula is C14H18Br2ClNO. The van der Waals surface area contributed by atoms with Crippen LogP contribution in [-0.4, -0.2) is 13.2 Å². The zero-order valence-corrected chi connectivity index (χ0v) is 15.0. The summed E-state index contributed by atoms with van der Waals surface area (Å²) in [6.07, 6.45) is 0. The Labute approximate surface area is 136 Å². The van der Waals surface area contributed by atoms with Gasteiger partial charge in [0.15, 0.2) is 0 Å². The Kier molecular flexibility index (Phi) is 7.44. The van der Waals surface area contributed by atoms with E-state index < -0.39 is 0 Å². The van der Waals surface area contributed by atoms with Crippen molar-refractivity contribution in [2.45, 2.75) is 20.4 Å². The lowest BCUT2D eigenvalue weighted by Gasteiger charge is -2.13. The molecule has 0 radical (unpaired) electrons. The van der Waals surface area contributed by atoms with E-state index in [-0.39, 0.29) is 0 Å². The van der Waals surface area contributed by atoms with Gasteiger partial charge in [-0.3, -0.25) is 0 Å². The highest BCUT2D eigenvalue weighted by molar-refractivity contribution is 9.11. The maximum absolute atomic E-state index is 5.70. The second kappa shape index (κ2) is 8.30. The van der Waals surface area contributed by atoms with Crippen LogP contribution in [0.2, 0.25) is 0 Å². The quantitative estimate of drug-likeness (QED) is 0.675. The predicted octanol–water partition coefficient (Wildman–Crippen LogP) is 5.09. The van der Waals surface area contributed by atoms with Crippen molar-refractivity contribution in [3.63, 3.8) is 0 Å². The molecule has 0 unspecified atom stereocenters. The highest BCUT2D eigenvalue weighted by Crippen LogP contribution is 2.35. The summed E-state index contributed by atoms with van der Waals surface area (Å²) in [7, 11) is 0. The van der Waals surface area contributed by atoms with Crippen molar-refractivity contribution in [2.75, 3.05) is 13.2 Å². The number of hydrogen-bond donors (Lipinski definition) is 1. The van der Waals surface area contributed by atoms with Crippen LogP contribution in [0.5, 0.6) is 5.75 Å². The fourth-order valence-corrected chi connectivity index (χ4v) is 3.07. The molecule has 0 aliphatic heterocycles. The summed E-state index contributed by atoms with van der Waals surface area (Å²) >= 11 is 12.7. The molecule has 5 heteroatoms. The molecule has 0 saturated carbocycles. The van der Waals surface area contributed by atoms with Gasteiger partial charge in [0, 0.05) is 11.6 Å². The van der Waals surface area contributed by atoms with E-state index in [4.69, 9.17) is 16.3 Å². The Hall–Kier alpha value is -0.0300. The molecule has 1 aromatic carbocycles. The number of halogens is 3. The van der Waals surface area contributed by atoms with Gasteiger partial charge in [-0.1, -0.05) is 32.0 Å². The third-order valence-corrected chi connectivity index (χ3v) is 3.60. The molecule has 2 nitrogen and oxygen atoms in total. The van der Waals surface area contributed by atoms with Gasteiger partial charge in [0.05, 0.1) is 8.95 Å². The topological polar surface area (TPSA) is 21.3 Å². The summed E-state index contributed by atoms with van der Waals surface area (Å²) in [5, 5.41) is 3.88. The first-order valence-corrected chi connectivity index (χ1v) is 8.01. The van der Waals surface area contributed by atoms with Crippen molar-refractivity contribution in [1.29, 1.82) is 0 Å². The van der Waals surface area contributed by atoms with Crippen molar-refractivity contribution in [3.05, 3.63) is 38.3 Å². The lowest BCUT2D eigenvalue weighted by molar-refractivity contribution is 0.355. The van der Waals surface area contributed by atoms with E-state index in [9.17, 15) is 0 Å². The standard InChI is InChI=1S/C14H18Br2ClNO/c1-9(2)6-18-7-11-4-12(15)14(13(16)5-11)19-8-10(3)17/h4-5,9,18H,3,6-8H2,1-2H3. The molecule has 0 fully saturated rings. The van der Waals surface area contributed by atoms with Gasteiger partial charge in [-0.2, -0.15) is 0 Å². The molecule has 0 heterocycles. The van der Waals surface area contributed by atoms with Gasteiger partial charge in [-0.05, 0) is 62.0 Å². The van der Waals surface area contributed by atoms with Crippen molar-refractivity contribution in [2.24, 2.45) is 5.92 Å². The summed E-state index contributed by atoms with van der Waals surface area (Å²) in [6, 6.07) is 4.09. The van der Waals surface area contributed by atoms with Gasteiger partial charge in [0.1, 0.15) is 12.4 Å². The smallest absolute Gasteiger partial charge is 0.148 e. The van der Waals surface area contributed by atoms with Crippen molar-refractivity contribution in [1.82, 2.24) is 5.32 Å². The molecule has 0 aromatic heterocycles. The van der Waals surface area contributed by atoms with E-state index in [1.807, 2.05) is 12.1 Å². The molecule has 0 spiro atoms. The maximum Gasteiger partial charge on any atom is 0.148 e. The number of rotatable bonds is 7. The maximum atomic E-state index is 5.70. The van der Waals surface area contributed by atoms with Crippen molar-refractivity contribution < 1.29 is 4.74 Å². The summed E-state index contributed by atoms with van der Waals surface area (Å²) < 4.78 is 7.39. The highest BCUT2D eigenvalue weighted by atomic mass is 79.9. The van der Waals surface area contributed by atoms with Crippen molar-refractivity contribution in [3.8, 4) is 5.75 Å². The van der Waals surface area contributed by atoms with Crippen LogP contribution in [0.3, 0.4) is 0 Å². The number of nitrogens with one attached hydrogen (secondary N) is 1. The van der Waals surface area contributed by atoms with Gasteiger partial charge in [-0.25, -0.2) is 0 Å². The van der Waals surface area contributed by atoms with E-state index in [2.05, 4.69) is 57.6 Å². The Balaban J connectivity index is 2.70. The summed E-state index contributed by atoms with van der Waals surface area (Å²) in [4.78, 5) is 0. The normalized spacial score (nSPS) is 10.8. The van der Waals surface area contributed by atoms with Gasteiger partial charge in [0.25, 0.3) is 0 Å². The Bertz CT molecular complexity index is 426.